The lowest BCUT2D eigenvalue weighted by atomic mass is 10.2. The lowest BCUT2D eigenvalue weighted by molar-refractivity contribution is 0.576. The Morgan fingerprint density at radius 2 is 2.36 bits per heavy atom. The highest BCUT2D eigenvalue weighted by atomic mass is 79.9. The molecular weight excluding hydrogens is 247 g/mol. The maximum absolute atomic E-state index is 13.2. The monoisotopic (exact) mass is 256 g/mol. The first-order valence-corrected chi connectivity index (χ1v) is 4.99. The summed E-state index contributed by atoms with van der Waals surface area (Å²) in [6.45, 7) is 2.09. The summed E-state index contributed by atoms with van der Waals surface area (Å²) < 4.78 is 14.0. The smallest absolute Gasteiger partial charge is 0.127 e. The number of hydrogen-bond donors (Lipinski definition) is 1. The Kier molecular flexibility index (Phi) is 4.05. The average Bonchev–Trinajstić information content (AvgIpc) is 2.19. The van der Waals surface area contributed by atoms with Gasteiger partial charge in [0.1, 0.15) is 5.82 Å². The van der Waals surface area contributed by atoms with Crippen LogP contribution in [0.3, 0.4) is 0 Å². The summed E-state index contributed by atoms with van der Waals surface area (Å²) in [4.78, 5) is 0. The third kappa shape index (κ3) is 3.09. The standard InChI is InChI=1S/C10H10BrFN2/c1-7(5-13)14-6-8-4-9(11)2-3-10(8)12/h2-4,7,14H,6H2,1H3. The number of nitriles is 1. The maximum Gasteiger partial charge on any atom is 0.127 e. The van der Waals surface area contributed by atoms with Crippen LogP contribution >= 0.6 is 15.9 Å². The summed E-state index contributed by atoms with van der Waals surface area (Å²) in [6.07, 6.45) is 0. The molecule has 0 aliphatic heterocycles. The van der Waals surface area contributed by atoms with Crippen molar-refractivity contribution in [3.63, 3.8) is 0 Å². The molecule has 0 fully saturated rings. The van der Waals surface area contributed by atoms with Crippen LogP contribution < -0.4 is 5.32 Å². The van der Waals surface area contributed by atoms with Gasteiger partial charge in [0.15, 0.2) is 0 Å². The quantitative estimate of drug-likeness (QED) is 0.903. The van der Waals surface area contributed by atoms with Crippen molar-refractivity contribution in [1.29, 1.82) is 5.26 Å². The van der Waals surface area contributed by atoms with Crippen LogP contribution in [-0.4, -0.2) is 6.04 Å². The summed E-state index contributed by atoms with van der Waals surface area (Å²) in [5.74, 6) is -0.258. The molecular formula is C10H10BrFN2. The van der Waals surface area contributed by atoms with Crippen molar-refractivity contribution in [2.24, 2.45) is 0 Å². The van der Waals surface area contributed by atoms with Crippen LogP contribution in [0.25, 0.3) is 0 Å². The van der Waals surface area contributed by atoms with E-state index in [1.165, 1.54) is 6.07 Å². The first-order valence-electron chi connectivity index (χ1n) is 4.20. The molecule has 0 saturated carbocycles. The molecule has 1 atom stereocenters. The molecule has 2 nitrogen and oxygen atoms in total. The van der Waals surface area contributed by atoms with Gasteiger partial charge in [-0.3, -0.25) is 5.32 Å². The van der Waals surface area contributed by atoms with Gasteiger partial charge in [0.05, 0.1) is 12.1 Å². The van der Waals surface area contributed by atoms with Crippen molar-refractivity contribution in [2.45, 2.75) is 19.5 Å². The molecule has 0 amide bonds. The predicted molar refractivity (Wildman–Crippen MR) is 56.0 cm³/mol. The van der Waals surface area contributed by atoms with Gasteiger partial charge in [-0.15, -0.1) is 0 Å². The zero-order valence-electron chi connectivity index (χ0n) is 7.72. The first kappa shape index (κ1) is 11.2. The van der Waals surface area contributed by atoms with Gasteiger partial charge < -0.3 is 0 Å². The Hall–Kier alpha value is -0.920. The molecule has 1 aromatic carbocycles. The van der Waals surface area contributed by atoms with Crippen LogP contribution in [0, 0.1) is 17.1 Å². The normalized spacial score (nSPS) is 12.1. The van der Waals surface area contributed by atoms with Crippen molar-refractivity contribution in [2.75, 3.05) is 0 Å². The molecule has 0 bridgehead atoms. The second-order valence-corrected chi connectivity index (χ2v) is 3.88. The molecule has 1 rings (SSSR count). The van der Waals surface area contributed by atoms with Gasteiger partial charge in [0, 0.05) is 16.6 Å². The molecule has 1 N–H and O–H groups in total. The van der Waals surface area contributed by atoms with E-state index in [4.69, 9.17) is 5.26 Å². The van der Waals surface area contributed by atoms with E-state index in [2.05, 4.69) is 21.2 Å². The fourth-order valence-corrected chi connectivity index (χ4v) is 1.40. The van der Waals surface area contributed by atoms with Gasteiger partial charge in [-0.25, -0.2) is 4.39 Å². The number of hydrogen-bond acceptors (Lipinski definition) is 2. The zero-order chi connectivity index (χ0) is 10.6. The minimum Gasteiger partial charge on any atom is -0.298 e. The highest BCUT2D eigenvalue weighted by molar-refractivity contribution is 9.10. The Morgan fingerprint density at radius 3 is 3.00 bits per heavy atom. The fraction of sp³-hybridized carbons (Fsp3) is 0.300. The lowest BCUT2D eigenvalue weighted by Gasteiger charge is -2.07. The summed E-state index contributed by atoms with van der Waals surface area (Å²) in [7, 11) is 0. The van der Waals surface area contributed by atoms with Crippen molar-refractivity contribution in [1.82, 2.24) is 5.32 Å². The molecule has 0 radical (unpaired) electrons. The minimum atomic E-state index is -0.270. The second-order valence-electron chi connectivity index (χ2n) is 2.97. The van der Waals surface area contributed by atoms with E-state index in [9.17, 15) is 4.39 Å². The second kappa shape index (κ2) is 5.08. The number of nitrogens with one attached hydrogen (secondary N) is 1. The minimum absolute atomic E-state index is 0.258. The maximum atomic E-state index is 13.2. The van der Waals surface area contributed by atoms with E-state index < -0.39 is 0 Å². The third-order valence-electron chi connectivity index (χ3n) is 1.80. The number of nitrogens with zero attached hydrogens (tertiary/aromatic N) is 1. The molecule has 0 aliphatic rings. The highest BCUT2D eigenvalue weighted by Gasteiger charge is 2.04. The van der Waals surface area contributed by atoms with E-state index in [1.54, 1.807) is 19.1 Å². The Labute approximate surface area is 90.9 Å². The first-order chi connectivity index (χ1) is 6.63. The molecule has 14 heavy (non-hydrogen) atoms. The van der Waals surface area contributed by atoms with E-state index in [1.807, 2.05) is 6.07 Å². The van der Waals surface area contributed by atoms with Crippen LogP contribution in [0.1, 0.15) is 12.5 Å². The average molecular weight is 257 g/mol. The Balaban J connectivity index is 2.67. The number of halogens is 2. The Morgan fingerprint density at radius 1 is 1.64 bits per heavy atom. The SMILES string of the molecule is CC(C#N)NCc1cc(Br)ccc1F. The van der Waals surface area contributed by atoms with Gasteiger partial charge in [-0.2, -0.15) is 5.26 Å². The van der Waals surface area contributed by atoms with Gasteiger partial charge in [-0.1, -0.05) is 15.9 Å². The van der Waals surface area contributed by atoms with E-state index >= 15 is 0 Å². The largest absolute Gasteiger partial charge is 0.298 e. The molecule has 0 saturated heterocycles. The van der Waals surface area contributed by atoms with Crippen molar-refractivity contribution in [3.8, 4) is 6.07 Å². The van der Waals surface area contributed by atoms with Gasteiger partial charge in [0.2, 0.25) is 0 Å². The van der Waals surface area contributed by atoms with E-state index in [0.717, 1.165) is 4.47 Å². The molecule has 74 valence electrons. The van der Waals surface area contributed by atoms with E-state index in [-0.39, 0.29) is 11.9 Å². The predicted octanol–water partition coefficient (Wildman–Crippen LogP) is 2.59. The molecule has 0 aliphatic carbocycles. The highest BCUT2D eigenvalue weighted by Crippen LogP contribution is 2.15. The van der Waals surface area contributed by atoms with Crippen molar-refractivity contribution in [3.05, 3.63) is 34.1 Å². The van der Waals surface area contributed by atoms with E-state index in [0.29, 0.717) is 12.1 Å². The van der Waals surface area contributed by atoms with Crippen LogP contribution in [0.5, 0.6) is 0 Å². The van der Waals surface area contributed by atoms with Crippen LogP contribution in [-0.2, 0) is 6.54 Å². The van der Waals surface area contributed by atoms with Crippen LogP contribution in [0.15, 0.2) is 22.7 Å². The zero-order valence-corrected chi connectivity index (χ0v) is 9.31. The lowest BCUT2D eigenvalue weighted by Crippen LogP contribution is -2.24. The topological polar surface area (TPSA) is 35.8 Å². The van der Waals surface area contributed by atoms with Gasteiger partial charge >= 0.3 is 0 Å². The van der Waals surface area contributed by atoms with Gasteiger partial charge in [0.25, 0.3) is 0 Å². The summed E-state index contributed by atoms with van der Waals surface area (Å²) >= 11 is 3.26. The summed E-state index contributed by atoms with van der Waals surface area (Å²) in [6, 6.07) is 6.50. The molecule has 0 heterocycles. The van der Waals surface area contributed by atoms with Crippen molar-refractivity contribution >= 4 is 15.9 Å². The van der Waals surface area contributed by atoms with Gasteiger partial charge in [-0.05, 0) is 25.1 Å². The van der Waals surface area contributed by atoms with Crippen LogP contribution in [0.4, 0.5) is 4.39 Å². The molecule has 1 aromatic rings. The molecule has 4 heteroatoms. The summed E-state index contributed by atoms with van der Waals surface area (Å²) in [5.41, 5.74) is 0.557. The molecule has 0 aromatic heterocycles. The van der Waals surface area contributed by atoms with Crippen LogP contribution in [0.2, 0.25) is 0 Å². The third-order valence-corrected chi connectivity index (χ3v) is 2.29. The number of benzene rings is 1. The Bertz CT molecular complexity index is 360. The summed E-state index contributed by atoms with van der Waals surface area (Å²) in [5, 5.41) is 11.4. The molecule has 1 unspecified atom stereocenters. The number of rotatable bonds is 3. The molecule has 0 spiro atoms. The fourth-order valence-electron chi connectivity index (χ4n) is 0.987. The van der Waals surface area contributed by atoms with Crippen molar-refractivity contribution < 1.29 is 4.39 Å².